The molecule has 0 saturated heterocycles. The molecule has 0 fully saturated rings. The van der Waals surface area contributed by atoms with Crippen molar-refractivity contribution in [2.75, 3.05) is 0 Å². The molecule has 0 radical (unpaired) electrons. The highest BCUT2D eigenvalue weighted by atomic mass is 16.5. The Labute approximate surface area is 86.0 Å². The van der Waals surface area contributed by atoms with Crippen molar-refractivity contribution in [2.45, 2.75) is 13.5 Å². The van der Waals surface area contributed by atoms with Crippen LogP contribution in [-0.2, 0) is 20.9 Å². The summed E-state index contributed by atoms with van der Waals surface area (Å²) in [5.41, 5.74) is 0.880. The van der Waals surface area contributed by atoms with Gasteiger partial charge in [-0.3, -0.25) is 0 Å². The number of aryl methyl sites for hydroxylation is 1. The summed E-state index contributed by atoms with van der Waals surface area (Å²) in [5.74, 6) is -1.36. The van der Waals surface area contributed by atoms with Gasteiger partial charge in [-0.2, -0.15) is 0 Å². The lowest BCUT2D eigenvalue weighted by molar-refractivity contribution is -0.140. The van der Waals surface area contributed by atoms with E-state index in [1.165, 1.54) is 6.26 Å². The van der Waals surface area contributed by atoms with Crippen molar-refractivity contribution >= 4 is 11.9 Å². The topological polar surface area (TPSA) is 76.7 Å². The van der Waals surface area contributed by atoms with E-state index >= 15 is 0 Å². The summed E-state index contributed by atoms with van der Waals surface area (Å²) in [4.78, 5) is 21.0. The van der Waals surface area contributed by atoms with Crippen LogP contribution in [0.5, 0.6) is 0 Å². The first-order chi connectivity index (χ1) is 7.09. The molecule has 1 N–H and O–H groups in total. The first-order valence-corrected chi connectivity index (χ1v) is 4.20. The Morgan fingerprint density at radius 2 is 2.27 bits per heavy atom. The van der Waals surface area contributed by atoms with E-state index in [4.69, 9.17) is 14.3 Å². The van der Waals surface area contributed by atoms with Gasteiger partial charge < -0.3 is 14.3 Å². The van der Waals surface area contributed by atoms with E-state index in [1.54, 1.807) is 6.07 Å². The molecule has 0 unspecified atom stereocenters. The molecule has 0 aromatic carbocycles. The quantitative estimate of drug-likeness (QED) is 0.598. The van der Waals surface area contributed by atoms with Crippen LogP contribution in [0.3, 0.4) is 0 Å². The van der Waals surface area contributed by atoms with Gasteiger partial charge in [-0.1, -0.05) is 0 Å². The fourth-order valence-electron chi connectivity index (χ4n) is 0.876. The van der Waals surface area contributed by atoms with Gasteiger partial charge in [0.15, 0.2) is 0 Å². The van der Waals surface area contributed by atoms with Gasteiger partial charge in [0.2, 0.25) is 0 Å². The Balaban J connectivity index is 2.41. The number of rotatable bonds is 4. The number of carboxylic acids is 1. The van der Waals surface area contributed by atoms with E-state index in [1.807, 2.05) is 6.92 Å². The number of hydrogen-bond acceptors (Lipinski definition) is 4. The molecule has 0 atom stereocenters. The van der Waals surface area contributed by atoms with E-state index in [9.17, 15) is 9.59 Å². The summed E-state index contributed by atoms with van der Waals surface area (Å²) < 4.78 is 9.76. The van der Waals surface area contributed by atoms with Gasteiger partial charge in [-0.15, -0.1) is 0 Å². The van der Waals surface area contributed by atoms with Crippen LogP contribution in [-0.4, -0.2) is 17.0 Å². The van der Waals surface area contributed by atoms with Crippen molar-refractivity contribution in [3.63, 3.8) is 0 Å². The molecule has 5 heteroatoms. The number of carbonyl (C=O) groups is 2. The van der Waals surface area contributed by atoms with Gasteiger partial charge in [0, 0.05) is 12.2 Å². The van der Waals surface area contributed by atoms with Crippen molar-refractivity contribution in [2.24, 2.45) is 0 Å². The molecule has 0 amide bonds. The van der Waals surface area contributed by atoms with Crippen LogP contribution in [0.2, 0.25) is 0 Å². The van der Waals surface area contributed by atoms with Gasteiger partial charge in [-0.05, 0) is 18.6 Å². The first-order valence-electron chi connectivity index (χ1n) is 4.20. The van der Waals surface area contributed by atoms with Crippen molar-refractivity contribution < 1.29 is 23.8 Å². The van der Waals surface area contributed by atoms with Crippen LogP contribution < -0.4 is 0 Å². The highest BCUT2D eigenvalue weighted by molar-refractivity contribution is 5.90. The second-order valence-corrected chi connectivity index (χ2v) is 2.81. The lowest BCUT2D eigenvalue weighted by Crippen LogP contribution is -2.02. The van der Waals surface area contributed by atoms with Gasteiger partial charge in [-0.25, -0.2) is 9.59 Å². The Hall–Kier alpha value is -2.04. The molecule has 1 aromatic rings. The maximum Gasteiger partial charge on any atom is 0.331 e. The molecule has 0 saturated carbocycles. The van der Waals surface area contributed by atoms with E-state index in [0.29, 0.717) is 5.76 Å². The van der Waals surface area contributed by atoms with Gasteiger partial charge in [0.25, 0.3) is 0 Å². The van der Waals surface area contributed by atoms with Crippen molar-refractivity contribution in [1.29, 1.82) is 0 Å². The molecule has 0 aliphatic carbocycles. The summed E-state index contributed by atoms with van der Waals surface area (Å²) >= 11 is 0. The molecule has 0 aliphatic heterocycles. The Morgan fingerprint density at radius 3 is 2.80 bits per heavy atom. The summed E-state index contributed by atoms with van der Waals surface area (Å²) in [6, 6.07) is 1.75. The minimum Gasteiger partial charge on any atom is -0.478 e. The normalized spacial score (nSPS) is 10.5. The molecule has 1 aromatic heterocycles. The van der Waals surface area contributed by atoms with Crippen LogP contribution in [0.1, 0.15) is 11.3 Å². The average molecular weight is 210 g/mol. The molecule has 5 nitrogen and oxygen atoms in total. The number of carboxylic acid groups (broad SMARTS) is 1. The third-order valence-corrected chi connectivity index (χ3v) is 1.68. The van der Waals surface area contributed by atoms with E-state index in [-0.39, 0.29) is 6.61 Å². The summed E-state index contributed by atoms with van der Waals surface area (Å²) in [6.45, 7) is 1.82. The summed E-state index contributed by atoms with van der Waals surface area (Å²) in [6.07, 6.45) is 3.06. The van der Waals surface area contributed by atoms with Crippen molar-refractivity contribution in [1.82, 2.24) is 0 Å². The number of carbonyl (C=O) groups excluding carboxylic acids is 1. The Bertz CT molecular complexity index is 388. The largest absolute Gasteiger partial charge is 0.478 e. The molecule has 80 valence electrons. The summed E-state index contributed by atoms with van der Waals surface area (Å²) in [7, 11) is 0. The van der Waals surface area contributed by atoms with Crippen LogP contribution in [0.4, 0.5) is 0 Å². The zero-order valence-corrected chi connectivity index (χ0v) is 8.10. The smallest absolute Gasteiger partial charge is 0.331 e. The zero-order chi connectivity index (χ0) is 11.3. The fourth-order valence-corrected chi connectivity index (χ4v) is 0.876. The van der Waals surface area contributed by atoms with Crippen LogP contribution in [0.15, 0.2) is 28.9 Å². The van der Waals surface area contributed by atoms with Crippen LogP contribution in [0.25, 0.3) is 0 Å². The molecular formula is C10H10O5. The maximum atomic E-state index is 10.9. The molecular weight excluding hydrogens is 200 g/mol. The average Bonchev–Trinajstić information content (AvgIpc) is 2.58. The summed E-state index contributed by atoms with van der Waals surface area (Å²) in [5, 5.41) is 8.25. The third-order valence-electron chi connectivity index (χ3n) is 1.68. The number of hydrogen-bond donors (Lipinski definition) is 1. The lowest BCUT2D eigenvalue weighted by atomic mass is 10.3. The highest BCUT2D eigenvalue weighted by Gasteiger charge is 2.04. The highest BCUT2D eigenvalue weighted by Crippen LogP contribution is 2.09. The second kappa shape index (κ2) is 4.99. The molecule has 1 heterocycles. The minimum atomic E-state index is -1.19. The molecule has 0 aliphatic rings. The number of ether oxygens (including phenoxy) is 1. The standard InChI is InChI=1S/C10H10O5/c1-7-4-5-14-8(7)6-15-10(13)3-2-9(11)12/h2-5H,6H2,1H3,(H,11,12)/b3-2-. The zero-order valence-electron chi connectivity index (χ0n) is 8.10. The predicted octanol–water partition coefficient (Wildman–Crippen LogP) is 1.27. The second-order valence-electron chi connectivity index (χ2n) is 2.81. The first kappa shape index (κ1) is 11.0. The fraction of sp³-hybridized carbons (Fsp3) is 0.200. The molecule has 0 spiro atoms. The molecule has 0 bridgehead atoms. The van der Waals surface area contributed by atoms with E-state index < -0.39 is 11.9 Å². The predicted molar refractivity (Wildman–Crippen MR) is 50.0 cm³/mol. The lowest BCUT2D eigenvalue weighted by Gasteiger charge is -1.99. The Morgan fingerprint density at radius 1 is 1.53 bits per heavy atom. The monoisotopic (exact) mass is 210 g/mol. The van der Waals surface area contributed by atoms with Crippen LogP contribution in [0, 0.1) is 6.92 Å². The third kappa shape index (κ3) is 3.68. The van der Waals surface area contributed by atoms with E-state index in [0.717, 1.165) is 17.7 Å². The maximum absolute atomic E-state index is 10.9. The number of esters is 1. The Kier molecular flexibility index (Phi) is 3.68. The molecule has 1 rings (SSSR count). The number of aliphatic carboxylic acids is 1. The SMILES string of the molecule is Cc1ccoc1COC(=O)/C=C\C(=O)O. The number of furan rings is 1. The molecule has 15 heavy (non-hydrogen) atoms. The van der Waals surface area contributed by atoms with Gasteiger partial charge in [0.05, 0.1) is 6.26 Å². The van der Waals surface area contributed by atoms with Gasteiger partial charge >= 0.3 is 11.9 Å². The van der Waals surface area contributed by atoms with Crippen molar-refractivity contribution in [3.8, 4) is 0 Å². The van der Waals surface area contributed by atoms with Crippen molar-refractivity contribution in [3.05, 3.63) is 35.8 Å². The minimum absolute atomic E-state index is 0.00161. The van der Waals surface area contributed by atoms with Crippen LogP contribution >= 0.6 is 0 Å². The van der Waals surface area contributed by atoms with Gasteiger partial charge in [0.1, 0.15) is 12.4 Å². The van der Waals surface area contributed by atoms with E-state index in [2.05, 4.69) is 0 Å².